The first-order chi connectivity index (χ1) is 14.5. The van der Waals surface area contributed by atoms with Crippen LogP contribution in [0.1, 0.15) is 18.4 Å². The normalized spacial score (nSPS) is 13.7. The van der Waals surface area contributed by atoms with E-state index in [1.54, 1.807) is 6.33 Å². The van der Waals surface area contributed by atoms with Gasteiger partial charge in [-0.3, -0.25) is 19.1 Å². The minimum atomic E-state index is -0.405. The van der Waals surface area contributed by atoms with Crippen LogP contribution in [0.3, 0.4) is 0 Å². The number of nitrogens with zero attached hydrogens (tertiary/aromatic N) is 3. The average Bonchev–Trinajstić information content (AvgIpc) is 3.31. The van der Waals surface area contributed by atoms with Gasteiger partial charge in [0.15, 0.2) is 0 Å². The van der Waals surface area contributed by atoms with Gasteiger partial charge in [-0.25, -0.2) is 9.78 Å². The van der Waals surface area contributed by atoms with Gasteiger partial charge >= 0.3 is 6.03 Å². The molecular weight excluding hydrogens is 406 g/mol. The van der Waals surface area contributed by atoms with Crippen LogP contribution in [-0.2, 0) is 16.1 Å². The maximum absolute atomic E-state index is 12.1. The molecule has 4 amide bonds. The van der Waals surface area contributed by atoms with E-state index in [1.807, 2.05) is 47.0 Å². The van der Waals surface area contributed by atoms with Gasteiger partial charge in [-0.1, -0.05) is 29.8 Å². The maximum Gasteiger partial charge on any atom is 0.324 e. The highest BCUT2D eigenvalue weighted by Crippen LogP contribution is 2.23. The van der Waals surface area contributed by atoms with Crippen LogP contribution >= 0.6 is 11.6 Å². The summed E-state index contributed by atoms with van der Waals surface area (Å²) in [6.45, 7) is 0.548. The van der Waals surface area contributed by atoms with E-state index in [1.165, 1.54) is 0 Å². The second-order valence-electron chi connectivity index (χ2n) is 6.96. The van der Waals surface area contributed by atoms with Crippen LogP contribution in [0.4, 0.5) is 4.79 Å². The zero-order valence-corrected chi connectivity index (χ0v) is 16.9. The largest absolute Gasteiger partial charge is 0.352 e. The minimum absolute atomic E-state index is 0.0222. The van der Waals surface area contributed by atoms with Gasteiger partial charge in [-0.2, -0.15) is 0 Å². The SMILES string of the molecule is O=C(CCCN1C(=O)CNC1=O)NCc1ccc(-n2cnc3ccccc32)cc1Cl. The van der Waals surface area contributed by atoms with E-state index in [4.69, 9.17) is 11.6 Å². The molecule has 2 aromatic carbocycles. The summed E-state index contributed by atoms with van der Waals surface area (Å²) >= 11 is 6.43. The Morgan fingerprint density at radius 2 is 2.03 bits per heavy atom. The minimum Gasteiger partial charge on any atom is -0.352 e. The van der Waals surface area contributed by atoms with Crippen molar-refractivity contribution < 1.29 is 14.4 Å². The number of carbonyl (C=O) groups is 3. The number of carbonyl (C=O) groups excluding carboxylic acids is 3. The number of benzene rings is 2. The van der Waals surface area contributed by atoms with Gasteiger partial charge in [-0.15, -0.1) is 0 Å². The molecule has 1 aliphatic heterocycles. The number of para-hydroxylation sites is 2. The lowest BCUT2D eigenvalue weighted by Gasteiger charge is -2.12. The van der Waals surface area contributed by atoms with Crippen LogP contribution in [-0.4, -0.2) is 45.4 Å². The molecule has 0 spiro atoms. The molecule has 1 aromatic heterocycles. The van der Waals surface area contributed by atoms with E-state index in [-0.39, 0.29) is 31.3 Å². The molecule has 0 atom stereocenters. The molecule has 0 saturated carbocycles. The fourth-order valence-corrected chi connectivity index (χ4v) is 3.60. The zero-order valence-electron chi connectivity index (χ0n) is 16.1. The van der Waals surface area contributed by atoms with Gasteiger partial charge in [-0.05, 0) is 36.2 Å². The number of imide groups is 1. The number of urea groups is 1. The standard InChI is InChI=1S/C21H20ClN5O3/c22-16-10-15(27-13-25-17-4-1-2-5-18(17)27)8-7-14(16)11-23-19(28)6-3-9-26-20(29)12-24-21(26)30/h1-2,4-5,7-8,10,13H,3,6,9,11-12H2,(H,23,28)(H,24,30). The smallest absolute Gasteiger partial charge is 0.324 e. The molecule has 9 heteroatoms. The predicted octanol–water partition coefficient (Wildman–Crippen LogP) is 2.63. The van der Waals surface area contributed by atoms with Crippen LogP contribution in [0, 0.1) is 0 Å². The van der Waals surface area contributed by atoms with Crippen molar-refractivity contribution in [1.29, 1.82) is 0 Å². The zero-order chi connectivity index (χ0) is 21.1. The first-order valence-corrected chi connectivity index (χ1v) is 9.96. The fraction of sp³-hybridized carbons (Fsp3) is 0.238. The number of rotatable bonds is 7. The van der Waals surface area contributed by atoms with Crippen molar-refractivity contribution in [2.24, 2.45) is 0 Å². The van der Waals surface area contributed by atoms with Crippen molar-refractivity contribution in [2.45, 2.75) is 19.4 Å². The molecule has 0 bridgehead atoms. The molecule has 4 rings (SSSR count). The monoisotopic (exact) mass is 425 g/mol. The first-order valence-electron chi connectivity index (χ1n) is 9.59. The molecule has 2 N–H and O–H groups in total. The van der Waals surface area contributed by atoms with Crippen LogP contribution in [0.25, 0.3) is 16.7 Å². The first kappa shape index (κ1) is 19.9. The van der Waals surface area contributed by atoms with Gasteiger partial charge in [0.05, 0.1) is 17.6 Å². The number of fused-ring (bicyclic) bond motifs is 1. The molecular formula is C21H20ClN5O3. The van der Waals surface area contributed by atoms with Crippen molar-refractivity contribution in [3.63, 3.8) is 0 Å². The number of halogens is 1. The Balaban J connectivity index is 1.32. The van der Waals surface area contributed by atoms with Crippen LogP contribution < -0.4 is 10.6 Å². The Kier molecular flexibility index (Phi) is 5.67. The Morgan fingerprint density at radius 3 is 2.80 bits per heavy atom. The molecule has 1 saturated heterocycles. The highest BCUT2D eigenvalue weighted by Gasteiger charge is 2.27. The summed E-state index contributed by atoms with van der Waals surface area (Å²) in [6.07, 6.45) is 2.38. The molecule has 30 heavy (non-hydrogen) atoms. The third-order valence-corrected chi connectivity index (χ3v) is 5.32. The average molecular weight is 426 g/mol. The molecule has 0 unspecified atom stereocenters. The highest BCUT2D eigenvalue weighted by atomic mass is 35.5. The van der Waals surface area contributed by atoms with Gasteiger partial charge in [0.2, 0.25) is 11.8 Å². The number of imidazole rings is 1. The van der Waals surface area contributed by atoms with E-state index in [9.17, 15) is 14.4 Å². The van der Waals surface area contributed by atoms with E-state index in [2.05, 4.69) is 15.6 Å². The summed E-state index contributed by atoms with van der Waals surface area (Å²) in [5, 5.41) is 5.82. The lowest BCUT2D eigenvalue weighted by Crippen LogP contribution is -2.32. The summed E-state index contributed by atoms with van der Waals surface area (Å²) in [4.78, 5) is 40.6. The number of aromatic nitrogens is 2. The lowest BCUT2D eigenvalue weighted by atomic mass is 10.2. The number of nitrogens with one attached hydrogen (secondary N) is 2. The van der Waals surface area contributed by atoms with Gasteiger partial charge in [0.25, 0.3) is 0 Å². The fourth-order valence-electron chi connectivity index (χ4n) is 3.36. The van der Waals surface area contributed by atoms with E-state index >= 15 is 0 Å². The van der Waals surface area contributed by atoms with Gasteiger partial charge < -0.3 is 10.6 Å². The summed E-state index contributed by atoms with van der Waals surface area (Å²) in [7, 11) is 0. The van der Waals surface area contributed by atoms with Crippen molar-refractivity contribution in [2.75, 3.05) is 13.1 Å². The maximum atomic E-state index is 12.1. The lowest BCUT2D eigenvalue weighted by molar-refractivity contribution is -0.126. The Labute approximate surface area is 177 Å². The summed E-state index contributed by atoms with van der Waals surface area (Å²) in [5.74, 6) is -0.430. The van der Waals surface area contributed by atoms with Crippen molar-refractivity contribution in [1.82, 2.24) is 25.1 Å². The summed E-state index contributed by atoms with van der Waals surface area (Å²) < 4.78 is 1.96. The predicted molar refractivity (Wildman–Crippen MR) is 112 cm³/mol. The molecule has 1 aliphatic rings. The molecule has 0 aliphatic carbocycles. The Hall–Kier alpha value is -3.39. The van der Waals surface area contributed by atoms with Crippen LogP contribution in [0.15, 0.2) is 48.8 Å². The molecule has 2 heterocycles. The van der Waals surface area contributed by atoms with E-state index in [0.29, 0.717) is 18.0 Å². The Morgan fingerprint density at radius 1 is 1.20 bits per heavy atom. The van der Waals surface area contributed by atoms with Crippen molar-refractivity contribution in [3.8, 4) is 5.69 Å². The molecule has 3 aromatic rings. The Bertz CT molecular complexity index is 1110. The quantitative estimate of drug-likeness (QED) is 0.569. The van der Waals surface area contributed by atoms with Gasteiger partial charge in [0, 0.05) is 30.2 Å². The summed E-state index contributed by atoms with van der Waals surface area (Å²) in [6, 6.07) is 13.1. The third-order valence-electron chi connectivity index (χ3n) is 4.97. The van der Waals surface area contributed by atoms with Crippen molar-refractivity contribution >= 4 is 40.5 Å². The highest BCUT2D eigenvalue weighted by molar-refractivity contribution is 6.31. The number of hydrogen-bond acceptors (Lipinski definition) is 4. The van der Waals surface area contributed by atoms with Crippen molar-refractivity contribution in [3.05, 3.63) is 59.4 Å². The summed E-state index contributed by atoms with van der Waals surface area (Å²) in [5.41, 5.74) is 3.57. The number of amides is 4. The van der Waals surface area contributed by atoms with E-state index < -0.39 is 6.03 Å². The van der Waals surface area contributed by atoms with Crippen LogP contribution in [0.5, 0.6) is 0 Å². The van der Waals surface area contributed by atoms with Crippen LogP contribution in [0.2, 0.25) is 5.02 Å². The second-order valence-corrected chi connectivity index (χ2v) is 7.37. The number of hydrogen-bond donors (Lipinski definition) is 2. The second kappa shape index (κ2) is 8.54. The molecule has 8 nitrogen and oxygen atoms in total. The third kappa shape index (κ3) is 4.13. The molecule has 154 valence electrons. The molecule has 1 fully saturated rings. The topological polar surface area (TPSA) is 96.3 Å². The molecule has 0 radical (unpaired) electrons. The van der Waals surface area contributed by atoms with Gasteiger partial charge in [0.1, 0.15) is 6.33 Å². The van der Waals surface area contributed by atoms with E-state index in [0.717, 1.165) is 27.2 Å².